The molecule has 0 saturated carbocycles. The van der Waals surface area contributed by atoms with Crippen LogP contribution in [0.3, 0.4) is 0 Å². The molecule has 2 N–H and O–H groups in total. The highest BCUT2D eigenvalue weighted by Gasteiger charge is 2.27. The average molecular weight is 363 g/mol. The van der Waals surface area contributed by atoms with Crippen molar-refractivity contribution < 1.29 is 0 Å². The number of benzene rings is 2. The summed E-state index contributed by atoms with van der Waals surface area (Å²) in [7, 11) is 0. The van der Waals surface area contributed by atoms with Crippen molar-refractivity contribution in [3.63, 3.8) is 0 Å². The van der Waals surface area contributed by atoms with E-state index in [1.165, 1.54) is 24.2 Å². The second kappa shape index (κ2) is 7.95. The van der Waals surface area contributed by atoms with Gasteiger partial charge in [-0.1, -0.05) is 12.2 Å². The summed E-state index contributed by atoms with van der Waals surface area (Å²) in [5.74, 6) is 0. The molecule has 0 bridgehead atoms. The van der Waals surface area contributed by atoms with Gasteiger partial charge in [0.2, 0.25) is 0 Å². The predicted octanol–water partition coefficient (Wildman–Crippen LogP) is 5.27. The molecule has 2 atom stereocenters. The van der Waals surface area contributed by atoms with Crippen LogP contribution in [0.2, 0.25) is 0 Å². The summed E-state index contributed by atoms with van der Waals surface area (Å²) >= 11 is 0. The number of rotatable bonds is 5. The molecule has 2 aromatic carbocycles. The van der Waals surface area contributed by atoms with Gasteiger partial charge in [-0.3, -0.25) is 0 Å². The number of nitrogens with zero attached hydrogens (tertiary/aromatic N) is 2. The molecule has 2 unspecified atom stereocenters. The lowest BCUT2D eigenvalue weighted by molar-refractivity contribution is 0.694. The first-order chi connectivity index (χ1) is 13.2. The van der Waals surface area contributed by atoms with Crippen LogP contribution in [0.25, 0.3) is 0 Å². The van der Waals surface area contributed by atoms with E-state index in [1.54, 1.807) is 0 Å². The molecular formula is C23H30N4. The molecule has 2 aliphatic rings. The average Bonchev–Trinajstić information content (AvgIpc) is 3.06. The van der Waals surface area contributed by atoms with Gasteiger partial charge in [0.15, 0.2) is 0 Å². The number of anilines is 4. The van der Waals surface area contributed by atoms with Gasteiger partial charge in [0, 0.05) is 36.5 Å². The third-order valence-electron chi connectivity index (χ3n) is 5.76. The van der Waals surface area contributed by atoms with Crippen molar-refractivity contribution in [3.05, 3.63) is 60.7 Å². The fourth-order valence-corrected chi connectivity index (χ4v) is 4.20. The van der Waals surface area contributed by atoms with E-state index in [0.717, 1.165) is 30.9 Å². The Balaban J connectivity index is 1.34. The summed E-state index contributed by atoms with van der Waals surface area (Å²) in [6.07, 6.45) is 8.20. The minimum Gasteiger partial charge on any atom is -0.367 e. The quantitative estimate of drug-likeness (QED) is 0.560. The zero-order chi connectivity index (χ0) is 18.6. The SMILES string of the molecule is CC1CCC(C)N1c1ccc(NNc2ccc(N3CC=CCC3)cc2)cc1. The smallest absolute Gasteiger partial charge is 0.0541 e. The summed E-state index contributed by atoms with van der Waals surface area (Å²) in [6, 6.07) is 18.6. The molecule has 0 aromatic heterocycles. The summed E-state index contributed by atoms with van der Waals surface area (Å²) in [4.78, 5) is 4.93. The largest absolute Gasteiger partial charge is 0.367 e. The third-order valence-corrected chi connectivity index (χ3v) is 5.76. The van der Waals surface area contributed by atoms with Gasteiger partial charge in [-0.05, 0) is 81.6 Å². The zero-order valence-electron chi connectivity index (χ0n) is 16.4. The Bertz CT molecular complexity index is 756. The summed E-state index contributed by atoms with van der Waals surface area (Å²) < 4.78 is 0. The highest BCUT2D eigenvalue weighted by Crippen LogP contribution is 2.31. The molecule has 2 aliphatic heterocycles. The maximum Gasteiger partial charge on any atom is 0.0541 e. The number of nitrogens with one attached hydrogen (secondary N) is 2. The van der Waals surface area contributed by atoms with Gasteiger partial charge in [-0.2, -0.15) is 0 Å². The monoisotopic (exact) mass is 362 g/mol. The van der Waals surface area contributed by atoms with E-state index in [4.69, 9.17) is 0 Å². The van der Waals surface area contributed by atoms with Crippen LogP contribution >= 0.6 is 0 Å². The second-order valence-corrected chi connectivity index (χ2v) is 7.73. The molecule has 0 spiro atoms. The number of hydrogen-bond donors (Lipinski definition) is 2. The van der Waals surface area contributed by atoms with Crippen molar-refractivity contribution in [1.29, 1.82) is 0 Å². The van der Waals surface area contributed by atoms with Crippen molar-refractivity contribution in [2.45, 2.75) is 45.2 Å². The van der Waals surface area contributed by atoms with Gasteiger partial charge in [0.25, 0.3) is 0 Å². The van der Waals surface area contributed by atoms with Crippen molar-refractivity contribution in [2.75, 3.05) is 33.7 Å². The number of hydrazine groups is 1. The molecule has 0 amide bonds. The second-order valence-electron chi connectivity index (χ2n) is 7.73. The van der Waals surface area contributed by atoms with E-state index in [2.05, 4.69) is 95.2 Å². The van der Waals surface area contributed by atoms with E-state index in [-0.39, 0.29) is 0 Å². The minimum absolute atomic E-state index is 0.630. The van der Waals surface area contributed by atoms with Gasteiger partial charge >= 0.3 is 0 Å². The maximum atomic E-state index is 3.31. The van der Waals surface area contributed by atoms with E-state index in [9.17, 15) is 0 Å². The standard InChI is InChI=1S/C23H30N4/c1-18-6-7-19(2)27(18)23-14-10-21(11-15-23)25-24-20-8-12-22(13-9-20)26-16-4-3-5-17-26/h3-4,8-15,18-19,24-25H,5-7,16-17H2,1-2H3. The molecule has 0 radical (unpaired) electrons. The van der Waals surface area contributed by atoms with Gasteiger partial charge in [0.1, 0.15) is 0 Å². The highest BCUT2D eigenvalue weighted by atomic mass is 15.4. The summed E-state index contributed by atoms with van der Waals surface area (Å²) in [6.45, 7) is 6.75. The molecule has 1 fully saturated rings. The van der Waals surface area contributed by atoms with Crippen LogP contribution in [-0.2, 0) is 0 Å². The molecule has 2 heterocycles. The van der Waals surface area contributed by atoms with Gasteiger partial charge in [0.05, 0.1) is 11.4 Å². The fraction of sp³-hybridized carbons (Fsp3) is 0.391. The van der Waals surface area contributed by atoms with Crippen molar-refractivity contribution >= 4 is 22.7 Å². The molecule has 4 nitrogen and oxygen atoms in total. The van der Waals surface area contributed by atoms with Gasteiger partial charge in [-0.15, -0.1) is 0 Å². The van der Waals surface area contributed by atoms with E-state index in [1.807, 2.05) is 0 Å². The molecule has 1 saturated heterocycles. The lowest BCUT2D eigenvalue weighted by atomic mass is 10.2. The lowest BCUT2D eigenvalue weighted by Crippen LogP contribution is -2.32. The summed E-state index contributed by atoms with van der Waals surface area (Å²) in [5.41, 5.74) is 11.3. The van der Waals surface area contributed by atoms with Crippen LogP contribution in [0, 0.1) is 0 Å². The third kappa shape index (κ3) is 4.05. The molecule has 4 heteroatoms. The van der Waals surface area contributed by atoms with Crippen molar-refractivity contribution in [3.8, 4) is 0 Å². The topological polar surface area (TPSA) is 30.5 Å². The van der Waals surface area contributed by atoms with Crippen LogP contribution in [0.5, 0.6) is 0 Å². The Morgan fingerprint density at radius 2 is 1.30 bits per heavy atom. The highest BCUT2D eigenvalue weighted by molar-refractivity contribution is 5.61. The van der Waals surface area contributed by atoms with Crippen LogP contribution in [0.1, 0.15) is 33.1 Å². The maximum absolute atomic E-state index is 3.31. The van der Waals surface area contributed by atoms with E-state index in [0.29, 0.717) is 12.1 Å². The molecule has 0 aliphatic carbocycles. The van der Waals surface area contributed by atoms with Crippen LogP contribution in [-0.4, -0.2) is 25.2 Å². The van der Waals surface area contributed by atoms with Crippen LogP contribution < -0.4 is 20.7 Å². The number of hydrogen-bond acceptors (Lipinski definition) is 4. The Morgan fingerprint density at radius 3 is 1.81 bits per heavy atom. The fourth-order valence-electron chi connectivity index (χ4n) is 4.20. The lowest BCUT2D eigenvalue weighted by Gasteiger charge is -2.29. The van der Waals surface area contributed by atoms with E-state index >= 15 is 0 Å². The normalized spacial score (nSPS) is 22.1. The first-order valence-electron chi connectivity index (χ1n) is 10.1. The summed E-state index contributed by atoms with van der Waals surface area (Å²) in [5, 5.41) is 0. The molecule has 4 rings (SSSR count). The molecule has 2 aromatic rings. The van der Waals surface area contributed by atoms with Crippen molar-refractivity contribution in [1.82, 2.24) is 0 Å². The zero-order valence-corrected chi connectivity index (χ0v) is 16.4. The molecule has 142 valence electrons. The molecule has 27 heavy (non-hydrogen) atoms. The molecular weight excluding hydrogens is 332 g/mol. The van der Waals surface area contributed by atoms with Crippen LogP contribution in [0.4, 0.5) is 22.7 Å². The minimum atomic E-state index is 0.630. The first kappa shape index (κ1) is 17.8. The van der Waals surface area contributed by atoms with Gasteiger partial charge in [-0.25, -0.2) is 0 Å². The first-order valence-corrected chi connectivity index (χ1v) is 10.1. The Labute approximate surface area is 162 Å². The Hall–Kier alpha value is -2.62. The predicted molar refractivity (Wildman–Crippen MR) is 117 cm³/mol. The van der Waals surface area contributed by atoms with Gasteiger partial charge < -0.3 is 20.7 Å². The van der Waals surface area contributed by atoms with Crippen LogP contribution in [0.15, 0.2) is 60.7 Å². The Morgan fingerprint density at radius 1 is 0.741 bits per heavy atom. The Kier molecular flexibility index (Phi) is 5.23. The van der Waals surface area contributed by atoms with E-state index < -0.39 is 0 Å². The van der Waals surface area contributed by atoms with Crippen molar-refractivity contribution in [2.24, 2.45) is 0 Å².